The number of hydrogen-bond donors (Lipinski definition) is 2. The molecule has 5 nitrogen and oxygen atoms in total. The van der Waals surface area contributed by atoms with Gasteiger partial charge in [-0.1, -0.05) is 6.92 Å². The lowest BCUT2D eigenvalue weighted by Gasteiger charge is -2.12. The zero-order chi connectivity index (χ0) is 13.9. The summed E-state index contributed by atoms with van der Waals surface area (Å²) in [6.07, 6.45) is 1.33. The third-order valence-corrected chi connectivity index (χ3v) is 4.64. The van der Waals surface area contributed by atoms with E-state index >= 15 is 0 Å². The van der Waals surface area contributed by atoms with Gasteiger partial charge in [0.1, 0.15) is 5.75 Å². The molecule has 1 aromatic rings. The minimum absolute atomic E-state index is 0.0685. The Bertz CT molecular complexity index is 542. The Morgan fingerprint density at radius 3 is 3.00 bits per heavy atom. The fourth-order valence-electron chi connectivity index (χ4n) is 1.99. The minimum atomic E-state index is -3.48. The molecule has 0 aromatic heterocycles. The van der Waals surface area contributed by atoms with Crippen molar-refractivity contribution in [3.05, 3.63) is 23.8 Å². The molecule has 0 amide bonds. The van der Waals surface area contributed by atoms with E-state index in [0.29, 0.717) is 19.6 Å². The number of aliphatic hydroxyl groups excluding tert-OH is 1. The molecule has 1 aliphatic rings. The van der Waals surface area contributed by atoms with E-state index in [4.69, 9.17) is 9.84 Å². The number of aliphatic hydroxyl groups is 1. The summed E-state index contributed by atoms with van der Waals surface area (Å²) in [5.41, 5.74) is 0.936. The third kappa shape index (κ3) is 3.46. The van der Waals surface area contributed by atoms with Crippen molar-refractivity contribution in [1.82, 2.24) is 4.72 Å². The van der Waals surface area contributed by atoms with Crippen LogP contribution in [0.1, 0.15) is 18.9 Å². The average molecular weight is 285 g/mol. The number of rotatable bonds is 6. The first kappa shape index (κ1) is 14.3. The highest BCUT2D eigenvalue weighted by Gasteiger charge is 2.19. The SMILES string of the molecule is CC(CCO)CNS(=O)(=O)c1ccc2c(c1)CCO2. The Labute approximate surface area is 113 Å². The summed E-state index contributed by atoms with van der Waals surface area (Å²) in [4.78, 5) is 0.271. The molecule has 1 aliphatic heterocycles. The molecule has 0 radical (unpaired) electrons. The van der Waals surface area contributed by atoms with Crippen LogP contribution in [-0.2, 0) is 16.4 Å². The fourth-order valence-corrected chi connectivity index (χ4v) is 3.20. The Kier molecular flexibility index (Phi) is 4.44. The molecule has 0 spiro atoms. The zero-order valence-corrected chi connectivity index (χ0v) is 11.7. The highest BCUT2D eigenvalue weighted by molar-refractivity contribution is 7.89. The monoisotopic (exact) mass is 285 g/mol. The van der Waals surface area contributed by atoms with Crippen molar-refractivity contribution < 1.29 is 18.3 Å². The molecule has 2 rings (SSSR count). The normalized spacial score (nSPS) is 15.9. The van der Waals surface area contributed by atoms with Gasteiger partial charge in [-0.3, -0.25) is 0 Å². The summed E-state index contributed by atoms with van der Waals surface area (Å²) in [5.74, 6) is 0.880. The molecule has 1 heterocycles. The summed E-state index contributed by atoms with van der Waals surface area (Å²) >= 11 is 0. The Morgan fingerprint density at radius 2 is 2.26 bits per heavy atom. The summed E-state index contributed by atoms with van der Waals surface area (Å²) in [6.45, 7) is 2.91. The second kappa shape index (κ2) is 5.90. The molecule has 0 saturated heterocycles. The van der Waals surface area contributed by atoms with Crippen LogP contribution in [0.2, 0.25) is 0 Å². The topological polar surface area (TPSA) is 75.6 Å². The molecule has 2 N–H and O–H groups in total. The van der Waals surface area contributed by atoms with E-state index in [9.17, 15) is 8.42 Å². The lowest BCUT2D eigenvalue weighted by Crippen LogP contribution is -2.28. The van der Waals surface area contributed by atoms with Crippen LogP contribution in [0, 0.1) is 5.92 Å². The highest BCUT2D eigenvalue weighted by atomic mass is 32.2. The van der Waals surface area contributed by atoms with Crippen LogP contribution < -0.4 is 9.46 Å². The summed E-state index contributed by atoms with van der Waals surface area (Å²) < 4.78 is 32.2. The van der Waals surface area contributed by atoms with Crippen LogP contribution in [-0.4, -0.2) is 33.3 Å². The van der Waals surface area contributed by atoms with Crippen molar-refractivity contribution in [1.29, 1.82) is 0 Å². The van der Waals surface area contributed by atoms with E-state index in [2.05, 4.69) is 4.72 Å². The molecule has 0 bridgehead atoms. The van der Waals surface area contributed by atoms with Crippen molar-refractivity contribution in [3.8, 4) is 5.75 Å². The first-order valence-corrected chi connectivity index (χ1v) is 7.87. The summed E-state index contributed by atoms with van der Waals surface area (Å²) in [7, 11) is -3.48. The quantitative estimate of drug-likeness (QED) is 0.815. The molecule has 0 saturated carbocycles. The lowest BCUT2D eigenvalue weighted by atomic mass is 10.1. The van der Waals surface area contributed by atoms with Crippen molar-refractivity contribution in [3.63, 3.8) is 0 Å². The lowest BCUT2D eigenvalue weighted by molar-refractivity contribution is 0.263. The van der Waals surface area contributed by atoms with E-state index in [1.54, 1.807) is 18.2 Å². The van der Waals surface area contributed by atoms with E-state index in [1.807, 2.05) is 6.92 Å². The average Bonchev–Trinajstić information content (AvgIpc) is 2.84. The summed E-state index contributed by atoms with van der Waals surface area (Å²) in [6, 6.07) is 4.93. The second-order valence-corrected chi connectivity index (χ2v) is 6.60. The third-order valence-electron chi connectivity index (χ3n) is 3.21. The Balaban J connectivity index is 2.07. The van der Waals surface area contributed by atoms with Crippen LogP contribution in [0.3, 0.4) is 0 Å². The molecular formula is C13H19NO4S. The zero-order valence-electron chi connectivity index (χ0n) is 10.9. The highest BCUT2D eigenvalue weighted by Crippen LogP contribution is 2.27. The van der Waals surface area contributed by atoms with Gasteiger partial charge in [0.2, 0.25) is 10.0 Å². The molecule has 6 heteroatoms. The number of benzene rings is 1. The maximum atomic E-state index is 12.1. The van der Waals surface area contributed by atoms with Crippen molar-refractivity contribution in [2.75, 3.05) is 19.8 Å². The summed E-state index contributed by atoms with van der Waals surface area (Å²) in [5, 5.41) is 8.80. The van der Waals surface area contributed by atoms with Gasteiger partial charge in [0.25, 0.3) is 0 Å². The maximum absolute atomic E-state index is 12.1. The largest absolute Gasteiger partial charge is 0.493 e. The molecule has 0 fully saturated rings. The molecular weight excluding hydrogens is 266 g/mol. The first-order chi connectivity index (χ1) is 9.03. The minimum Gasteiger partial charge on any atom is -0.493 e. The van der Waals surface area contributed by atoms with Gasteiger partial charge in [-0.05, 0) is 36.1 Å². The Hall–Kier alpha value is -1.11. The Morgan fingerprint density at radius 1 is 1.47 bits per heavy atom. The number of sulfonamides is 1. The predicted octanol–water partition coefficient (Wildman–Crippen LogP) is 0.918. The standard InChI is InChI=1S/C13H19NO4S/c1-10(4-6-15)9-14-19(16,17)12-2-3-13-11(8-12)5-7-18-13/h2-3,8,10,14-15H,4-7,9H2,1H3. The van der Waals surface area contributed by atoms with Crippen LogP contribution in [0.4, 0.5) is 0 Å². The molecule has 1 unspecified atom stereocenters. The van der Waals surface area contributed by atoms with E-state index in [1.165, 1.54) is 0 Å². The smallest absolute Gasteiger partial charge is 0.240 e. The van der Waals surface area contributed by atoms with Crippen molar-refractivity contribution in [2.45, 2.75) is 24.7 Å². The first-order valence-electron chi connectivity index (χ1n) is 6.39. The van der Waals surface area contributed by atoms with Crippen molar-refractivity contribution in [2.24, 2.45) is 5.92 Å². The van der Waals surface area contributed by atoms with Crippen LogP contribution >= 0.6 is 0 Å². The second-order valence-electron chi connectivity index (χ2n) is 4.84. The van der Waals surface area contributed by atoms with Gasteiger partial charge >= 0.3 is 0 Å². The van der Waals surface area contributed by atoms with E-state index in [-0.39, 0.29) is 17.4 Å². The van der Waals surface area contributed by atoms with Crippen LogP contribution in [0.25, 0.3) is 0 Å². The van der Waals surface area contributed by atoms with Crippen molar-refractivity contribution >= 4 is 10.0 Å². The van der Waals surface area contributed by atoms with Gasteiger partial charge in [-0.15, -0.1) is 0 Å². The van der Waals surface area contributed by atoms with Crippen LogP contribution in [0.5, 0.6) is 5.75 Å². The number of ether oxygens (including phenoxy) is 1. The van der Waals surface area contributed by atoms with Gasteiger partial charge in [-0.2, -0.15) is 0 Å². The molecule has 1 atom stereocenters. The van der Waals surface area contributed by atoms with Crippen LogP contribution in [0.15, 0.2) is 23.1 Å². The number of nitrogens with one attached hydrogen (secondary N) is 1. The molecule has 106 valence electrons. The van der Waals surface area contributed by atoms with Gasteiger partial charge in [-0.25, -0.2) is 13.1 Å². The molecule has 0 aliphatic carbocycles. The van der Waals surface area contributed by atoms with Gasteiger partial charge in [0.15, 0.2) is 0 Å². The van der Waals surface area contributed by atoms with E-state index < -0.39 is 10.0 Å². The van der Waals surface area contributed by atoms with E-state index in [0.717, 1.165) is 17.7 Å². The van der Waals surface area contributed by atoms with Gasteiger partial charge in [0, 0.05) is 19.6 Å². The van der Waals surface area contributed by atoms with Gasteiger partial charge in [0.05, 0.1) is 11.5 Å². The maximum Gasteiger partial charge on any atom is 0.240 e. The fraction of sp³-hybridized carbons (Fsp3) is 0.538. The number of fused-ring (bicyclic) bond motifs is 1. The predicted molar refractivity (Wildman–Crippen MR) is 71.7 cm³/mol. The molecule has 1 aromatic carbocycles. The van der Waals surface area contributed by atoms with Gasteiger partial charge < -0.3 is 9.84 Å². The molecule has 19 heavy (non-hydrogen) atoms. The number of hydrogen-bond acceptors (Lipinski definition) is 4.